The first-order valence-electron chi connectivity index (χ1n) is 11.3. The van der Waals surface area contributed by atoms with E-state index in [9.17, 15) is 14.9 Å². The van der Waals surface area contributed by atoms with Gasteiger partial charge in [-0.3, -0.25) is 4.79 Å². The third-order valence-corrected chi connectivity index (χ3v) is 7.24. The molecule has 2 aromatic heterocycles. The second-order valence-corrected chi connectivity index (χ2v) is 9.31. The first-order valence-corrected chi connectivity index (χ1v) is 12.1. The Kier molecular flexibility index (Phi) is 7.57. The molecule has 3 rings (SSSR count). The van der Waals surface area contributed by atoms with E-state index in [0.717, 1.165) is 59.6 Å². The number of aromatic nitrogens is 1. The third kappa shape index (κ3) is 4.66. The minimum atomic E-state index is -0.370. The van der Waals surface area contributed by atoms with Gasteiger partial charge < -0.3 is 14.6 Å². The molecule has 0 saturated carbocycles. The van der Waals surface area contributed by atoms with Crippen LogP contribution in [0.25, 0.3) is 11.1 Å². The quantitative estimate of drug-likeness (QED) is 0.362. The summed E-state index contributed by atoms with van der Waals surface area (Å²) in [5.74, 6) is -0.650. The van der Waals surface area contributed by atoms with Gasteiger partial charge in [0, 0.05) is 22.3 Å². The largest absolute Gasteiger partial charge is 0.462 e. The van der Waals surface area contributed by atoms with Crippen LogP contribution in [-0.2, 0) is 22.4 Å². The van der Waals surface area contributed by atoms with Crippen LogP contribution >= 0.6 is 11.3 Å². The number of rotatable bonds is 7. The van der Waals surface area contributed by atoms with Crippen LogP contribution in [0.5, 0.6) is 0 Å². The number of fused-ring (bicyclic) bond motifs is 1. The molecule has 0 bridgehead atoms. The Morgan fingerprint density at radius 3 is 2.69 bits per heavy atom. The Bertz CT molecular complexity index is 1100. The second-order valence-electron chi connectivity index (χ2n) is 8.23. The highest BCUT2D eigenvalue weighted by Gasteiger charge is 2.28. The molecule has 1 N–H and O–H groups in total. The van der Waals surface area contributed by atoms with Gasteiger partial charge in [-0.15, -0.1) is 11.3 Å². The van der Waals surface area contributed by atoms with Crippen molar-refractivity contribution in [2.75, 3.05) is 6.61 Å². The van der Waals surface area contributed by atoms with Crippen molar-refractivity contribution < 1.29 is 14.3 Å². The summed E-state index contributed by atoms with van der Waals surface area (Å²) in [5.41, 5.74) is 4.47. The molecular weight excluding hydrogens is 422 g/mol. The van der Waals surface area contributed by atoms with Gasteiger partial charge >= 0.3 is 5.97 Å². The highest BCUT2D eigenvalue weighted by Crippen LogP contribution is 2.39. The van der Waals surface area contributed by atoms with Crippen molar-refractivity contribution in [3.63, 3.8) is 0 Å². The zero-order valence-corrected chi connectivity index (χ0v) is 20.3. The topological polar surface area (TPSA) is 84.1 Å². The van der Waals surface area contributed by atoms with Crippen LogP contribution < -0.4 is 5.32 Å². The predicted octanol–water partition coefficient (Wildman–Crippen LogP) is 5.03. The summed E-state index contributed by atoms with van der Waals surface area (Å²) < 4.78 is 7.47. The van der Waals surface area contributed by atoms with Gasteiger partial charge in [-0.05, 0) is 83.1 Å². The van der Waals surface area contributed by atoms with E-state index in [1.165, 1.54) is 4.88 Å². The molecule has 2 heterocycles. The molecule has 0 spiro atoms. The van der Waals surface area contributed by atoms with Gasteiger partial charge in [0.15, 0.2) is 0 Å². The Hall–Kier alpha value is -2.85. The molecule has 2 aromatic rings. The molecule has 0 aliphatic heterocycles. The summed E-state index contributed by atoms with van der Waals surface area (Å²) in [6, 6.07) is 3.98. The van der Waals surface area contributed by atoms with E-state index in [-0.39, 0.29) is 23.5 Å². The molecule has 0 radical (unpaired) electrons. The molecule has 7 heteroatoms. The first kappa shape index (κ1) is 23.8. The van der Waals surface area contributed by atoms with Crippen molar-refractivity contribution >= 4 is 29.3 Å². The summed E-state index contributed by atoms with van der Waals surface area (Å²) in [4.78, 5) is 26.7. The van der Waals surface area contributed by atoms with Crippen LogP contribution in [0, 0.1) is 25.2 Å². The molecule has 32 heavy (non-hydrogen) atoms. The maximum absolute atomic E-state index is 12.9. The predicted molar refractivity (Wildman–Crippen MR) is 127 cm³/mol. The number of nitrogens with one attached hydrogen (secondary N) is 1. The van der Waals surface area contributed by atoms with Crippen molar-refractivity contribution in [1.29, 1.82) is 5.26 Å². The Labute approximate surface area is 193 Å². The number of carbonyl (C=O) groups excluding carboxylic acids is 2. The van der Waals surface area contributed by atoms with Crippen molar-refractivity contribution in [3.8, 4) is 11.1 Å². The normalized spacial score (nSPS) is 14.4. The fraction of sp³-hybridized carbons (Fsp3) is 0.480. The van der Waals surface area contributed by atoms with Gasteiger partial charge in [-0.25, -0.2) is 4.79 Å². The zero-order valence-electron chi connectivity index (χ0n) is 19.5. The zero-order chi connectivity index (χ0) is 23.4. The van der Waals surface area contributed by atoms with E-state index >= 15 is 0 Å². The Morgan fingerprint density at radius 1 is 1.31 bits per heavy atom. The average Bonchev–Trinajstić information content (AvgIpc) is 3.28. The summed E-state index contributed by atoms with van der Waals surface area (Å²) in [7, 11) is 0. The van der Waals surface area contributed by atoms with Gasteiger partial charge in [0.05, 0.1) is 12.2 Å². The van der Waals surface area contributed by atoms with Crippen LogP contribution in [0.3, 0.4) is 0 Å². The third-order valence-electron chi connectivity index (χ3n) is 5.96. The molecular formula is C25H31N3O3S. The molecule has 0 fully saturated rings. The number of hydrogen-bond donors (Lipinski definition) is 1. The number of nitrogens with zero attached hydrogens (tertiary/aromatic N) is 2. The van der Waals surface area contributed by atoms with Crippen LogP contribution in [-0.4, -0.2) is 29.1 Å². The van der Waals surface area contributed by atoms with Crippen molar-refractivity contribution in [2.24, 2.45) is 0 Å². The summed E-state index contributed by atoms with van der Waals surface area (Å²) in [5, 5.41) is 13.3. The number of hydrogen-bond acceptors (Lipinski definition) is 5. The SMILES string of the molecule is CCOC(=O)c1c(-n2c(C)cc(/C=C(\C#N)C(=O)N[C@@H](C)CC)c2C)sc2c1CCCC2. The number of amides is 1. The molecule has 1 atom stereocenters. The number of aryl methyl sites for hydroxylation is 2. The fourth-order valence-electron chi connectivity index (χ4n) is 4.08. The number of thiophene rings is 1. The molecule has 170 valence electrons. The van der Waals surface area contributed by atoms with Crippen molar-refractivity contribution in [3.05, 3.63) is 44.6 Å². The second kappa shape index (κ2) is 10.2. The van der Waals surface area contributed by atoms with E-state index in [2.05, 4.69) is 9.88 Å². The smallest absolute Gasteiger partial charge is 0.341 e. The maximum atomic E-state index is 12.9. The molecule has 0 saturated heterocycles. The van der Waals surface area contributed by atoms with Gasteiger partial charge in [-0.1, -0.05) is 6.92 Å². The molecule has 0 unspecified atom stereocenters. The fourth-order valence-corrected chi connectivity index (χ4v) is 5.56. The monoisotopic (exact) mass is 453 g/mol. The number of carbonyl (C=O) groups is 2. The Balaban J connectivity index is 2.09. The number of ether oxygens (including phenoxy) is 1. The Morgan fingerprint density at radius 2 is 2.03 bits per heavy atom. The van der Waals surface area contributed by atoms with E-state index in [1.807, 2.05) is 46.8 Å². The van der Waals surface area contributed by atoms with Crippen LogP contribution in [0.4, 0.5) is 0 Å². The van der Waals surface area contributed by atoms with Gasteiger partial charge in [0.25, 0.3) is 5.91 Å². The van der Waals surface area contributed by atoms with Crippen LogP contribution in [0.1, 0.15) is 77.8 Å². The summed E-state index contributed by atoms with van der Waals surface area (Å²) in [6.45, 7) is 9.97. The maximum Gasteiger partial charge on any atom is 0.341 e. The molecule has 1 amide bonds. The summed E-state index contributed by atoms with van der Waals surface area (Å²) in [6.07, 6.45) is 6.49. The lowest BCUT2D eigenvalue weighted by atomic mass is 9.95. The van der Waals surface area contributed by atoms with Crippen LogP contribution in [0.15, 0.2) is 11.6 Å². The van der Waals surface area contributed by atoms with Crippen molar-refractivity contribution in [2.45, 2.75) is 72.8 Å². The molecule has 0 aromatic carbocycles. The van der Waals surface area contributed by atoms with Gasteiger partial charge in [-0.2, -0.15) is 5.26 Å². The number of esters is 1. The lowest BCUT2D eigenvalue weighted by Gasteiger charge is -2.13. The van der Waals surface area contributed by atoms with Crippen molar-refractivity contribution in [1.82, 2.24) is 9.88 Å². The highest BCUT2D eigenvalue weighted by atomic mass is 32.1. The van der Waals surface area contributed by atoms with Crippen LogP contribution in [0.2, 0.25) is 0 Å². The van der Waals surface area contributed by atoms with Gasteiger partial charge in [0.1, 0.15) is 16.6 Å². The standard InChI is InChI=1S/C25H31N3O3S/c1-6-15(3)27-23(29)19(14-26)13-18-12-16(4)28(17(18)5)24-22(25(30)31-7-2)20-10-8-9-11-21(20)32-24/h12-13,15H,6-11H2,1-5H3,(H,27,29)/b19-13+/t15-/m0/s1. The van der Waals surface area contributed by atoms with E-state index in [1.54, 1.807) is 17.4 Å². The summed E-state index contributed by atoms with van der Waals surface area (Å²) >= 11 is 1.65. The molecule has 6 nitrogen and oxygen atoms in total. The first-order chi connectivity index (χ1) is 15.3. The van der Waals surface area contributed by atoms with Gasteiger partial charge in [0.2, 0.25) is 0 Å². The minimum Gasteiger partial charge on any atom is -0.462 e. The number of nitriles is 1. The lowest BCUT2D eigenvalue weighted by Crippen LogP contribution is -2.32. The molecule has 1 aliphatic rings. The minimum absolute atomic E-state index is 0.00347. The van der Waals surface area contributed by atoms with E-state index in [0.29, 0.717) is 12.2 Å². The van der Waals surface area contributed by atoms with E-state index < -0.39 is 0 Å². The average molecular weight is 454 g/mol. The molecule has 1 aliphatic carbocycles. The van der Waals surface area contributed by atoms with E-state index in [4.69, 9.17) is 4.74 Å². The lowest BCUT2D eigenvalue weighted by molar-refractivity contribution is -0.117. The highest BCUT2D eigenvalue weighted by molar-refractivity contribution is 7.15.